The van der Waals surface area contributed by atoms with Crippen LogP contribution in [0.15, 0.2) is 18.2 Å². The monoisotopic (exact) mass is 309 g/mol. The van der Waals surface area contributed by atoms with Crippen molar-refractivity contribution in [3.63, 3.8) is 0 Å². The fourth-order valence-corrected chi connectivity index (χ4v) is 3.20. The van der Waals surface area contributed by atoms with Gasteiger partial charge in [0, 0.05) is 26.0 Å². The Hall–Kier alpha value is -1.53. The average molecular weight is 309 g/mol. The zero-order valence-corrected chi connectivity index (χ0v) is 12.8. The first-order chi connectivity index (χ1) is 10.1. The highest BCUT2D eigenvalue weighted by Gasteiger charge is 2.23. The molecule has 0 aromatic heterocycles. The highest BCUT2D eigenvalue weighted by molar-refractivity contribution is 7.99. The van der Waals surface area contributed by atoms with Gasteiger partial charge < -0.3 is 14.7 Å². The third kappa shape index (κ3) is 3.98. The molecular formula is C15H19NO4S. The van der Waals surface area contributed by atoms with E-state index in [-0.39, 0.29) is 5.91 Å². The normalized spacial score (nSPS) is 13.9. The minimum absolute atomic E-state index is 0.0995. The molecule has 0 saturated heterocycles. The summed E-state index contributed by atoms with van der Waals surface area (Å²) in [6, 6.07) is 5.27. The lowest BCUT2D eigenvalue weighted by Gasteiger charge is -2.29. The summed E-state index contributed by atoms with van der Waals surface area (Å²) in [6.45, 7) is 1.73. The molecular weight excluding hydrogens is 290 g/mol. The van der Waals surface area contributed by atoms with Gasteiger partial charge in [-0.2, -0.15) is 0 Å². The molecule has 6 heteroatoms. The Labute approximate surface area is 128 Å². The van der Waals surface area contributed by atoms with Crippen LogP contribution in [0.1, 0.15) is 21.5 Å². The molecule has 5 nitrogen and oxygen atoms in total. The number of methoxy groups -OCH3 is 1. The summed E-state index contributed by atoms with van der Waals surface area (Å²) in [4.78, 5) is 25.1. The zero-order chi connectivity index (χ0) is 15.2. The maximum absolute atomic E-state index is 12.1. The number of nitrogens with zero attached hydrogens (tertiary/aromatic N) is 1. The van der Waals surface area contributed by atoms with Crippen LogP contribution in [0, 0.1) is 0 Å². The number of aromatic carboxylic acids is 1. The molecule has 2 rings (SSSR count). The number of amides is 1. The van der Waals surface area contributed by atoms with Crippen LogP contribution in [0.3, 0.4) is 0 Å². The van der Waals surface area contributed by atoms with Gasteiger partial charge in [-0.1, -0.05) is 12.1 Å². The molecule has 1 aromatic carbocycles. The van der Waals surface area contributed by atoms with Gasteiger partial charge in [-0.15, -0.1) is 11.8 Å². The summed E-state index contributed by atoms with van der Waals surface area (Å²) < 4.78 is 4.95. The third-order valence-electron chi connectivity index (χ3n) is 3.51. The Morgan fingerprint density at radius 2 is 2.24 bits per heavy atom. The first-order valence-electron chi connectivity index (χ1n) is 6.82. The summed E-state index contributed by atoms with van der Waals surface area (Å²) in [5.74, 6) is 0.442. The summed E-state index contributed by atoms with van der Waals surface area (Å²) in [5, 5.41) is 9.19. The summed E-state index contributed by atoms with van der Waals surface area (Å²) in [7, 11) is 1.64. The smallest absolute Gasteiger partial charge is 0.335 e. The number of hydrogen-bond donors (Lipinski definition) is 1. The van der Waals surface area contributed by atoms with Crippen molar-refractivity contribution >= 4 is 23.6 Å². The van der Waals surface area contributed by atoms with Gasteiger partial charge in [-0.05, 0) is 23.6 Å². The molecule has 1 aliphatic rings. The standard InChI is InChI=1S/C15H19NO4S/c1-20-7-8-21-10-14(17)16-6-5-12-11(9-16)3-2-4-13(12)15(18)19/h2-4H,5-10H2,1H3,(H,18,19). The van der Waals surface area contributed by atoms with Crippen molar-refractivity contribution in [2.24, 2.45) is 0 Å². The van der Waals surface area contributed by atoms with Crippen molar-refractivity contribution in [3.8, 4) is 0 Å². The number of benzene rings is 1. The molecule has 114 valence electrons. The molecule has 0 fully saturated rings. The highest BCUT2D eigenvalue weighted by atomic mass is 32.2. The largest absolute Gasteiger partial charge is 0.478 e. The predicted molar refractivity (Wildman–Crippen MR) is 81.7 cm³/mol. The van der Waals surface area contributed by atoms with E-state index in [0.717, 1.165) is 16.9 Å². The molecule has 0 aliphatic carbocycles. The first-order valence-corrected chi connectivity index (χ1v) is 7.97. The number of carboxylic acids is 1. The fraction of sp³-hybridized carbons (Fsp3) is 0.467. The lowest BCUT2D eigenvalue weighted by Crippen LogP contribution is -2.37. The lowest BCUT2D eigenvalue weighted by atomic mass is 9.94. The average Bonchev–Trinajstić information content (AvgIpc) is 2.50. The van der Waals surface area contributed by atoms with Gasteiger partial charge >= 0.3 is 5.97 Å². The lowest BCUT2D eigenvalue weighted by molar-refractivity contribution is -0.129. The van der Waals surface area contributed by atoms with Crippen LogP contribution in [0.4, 0.5) is 0 Å². The van der Waals surface area contributed by atoms with Gasteiger partial charge in [0.2, 0.25) is 5.91 Å². The number of rotatable bonds is 6. The van der Waals surface area contributed by atoms with Crippen molar-refractivity contribution in [1.82, 2.24) is 4.90 Å². The van der Waals surface area contributed by atoms with E-state index in [1.54, 1.807) is 35.9 Å². The topological polar surface area (TPSA) is 66.8 Å². The van der Waals surface area contributed by atoms with E-state index in [1.165, 1.54) is 0 Å². The van der Waals surface area contributed by atoms with Crippen LogP contribution in [0.2, 0.25) is 0 Å². The second-order valence-electron chi connectivity index (χ2n) is 4.86. The maximum atomic E-state index is 12.1. The minimum atomic E-state index is -0.901. The number of carbonyl (C=O) groups is 2. The molecule has 0 spiro atoms. The van der Waals surface area contributed by atoms with Crippen molar-refractivity contribution in [3.05, 3.63) is 34.9 Å². The summed E-state index contributed by atoms with van der Waals surface area (Å²) in [5.41, 5.74) is 2.16. The van der Waals surface area contributed by atoms with E-state index in [4.69, 9.17) is 4.74 Å². The Kier molecular flexibility index (Phi) is 5.64. The number of carboxylic acid groups (broad SMARTS) is 1. The molecule has 0 radical (unpaired) electrons. The maximum Gasteiger partial charge on any atom is 0.335 e. The first kappa shape index (κ1) is 15.9. The number of carbonyl (C=O) groups excluding carboxylic acids is 1. The predicted octanol–water partition coefficient (Wildman–Crippen LogP) is 1.65. The van der Waals surface area contributed by atoms with Crippen molar-refractivity contribution < 1.29 is 19.4 Å². The fourth-order valence-electron chi connectivity index (χ4n) is 2.42. The SMILES string of the molecule is COCCSCC(=O)N1CCc2c(cccc2C(=O)O)C1. The molecule has 0 unspecified atom stereocenters. The Morgan fingerprint density at radius 1 is 1.43 bits per heavy atom. The second-order valence-corrected chi connectivity index (χ2v) is 5.96. The molecule has 1 aliphatic heterocycles. The van der Waals surface area contributed by atoms with E-state index in [2.05, 4.69) is 0 Å². The Morgan fingerprint density at radius 3 is 2.95 bits per heavy atom. The van der Waals surface area contributed by atoms with Crippen molar-refractivity contribution in [2.45, 2.75) is 13.0 Å². The molecule has 0 atom stereocenters. The quantitative estimate of drug-likeness (QED) is 0.809. The third-order valence-corrected chi connectivity index (χ3v) is 4.41. The number of fused-ring (bicyclic) bond motifs is 1. The number of hydrogen-bond acceptors (Lipinski definition) is 4. The van der Waals surface area contributed by atoms with Crippen LogP contribution in [0.25, 0.3) is 0 Å². The highest BCUT2D eigenvalue weighted by Crippen LogP contribution is 2.23. The second kappa shape index (κ2) is 7.47. The minimum Gasteiger partial charge on any atom is -0.478 e. The zero-order valence-electron chi connectivity index (χ0n) is 12.0. The Bertz CT molecular complexity index is 532. The van der Waals surface area contributed by atoms with Gasteiger partial charge in [0.25, 0.3) is 0 Å². The summed E-state index contributed by atoms with van der Waals surface area (Å²) in [6.07, 6.45) is 0.603. The van der Waals surface area contributed by atoms with Crippen LogP contribution >= 0.6 is 11.8 Å². The van der Waals surface area contributed by atoms with Gasteiger partial charge in [0.05, 0.1) is 17.9 Å². The number of ether oxygens (including phenoxy) is 1. The van der Waals surface area contributed by atoms with E-state index >= 15 is 0 Å². The van der Waals surface area contributed by atoms with Gasteiger partial charge in [-0.25, -0.2) is 4.79 Å². The molecule has 21 heavy (non-hydrogen) atoms. The molecule has 1 N–H and O–H groups in total. The van der Waals surface area contributed by atoms with E-state index in [9.17, 15) is 14.7 Å². The van der Waals surface area contributed by atoms with E-state index in [1.807, 2.05) is 6.07 Å². The molecule has 0 saturated carbocycles. The summed E-state index contributed by atoms with van der Waals surface area (Å²) >= 11 is 1.56. The van der Waals surface area contributed by atoms with E-state index < -0.39 is 5.97 Å². The van der Waals surface area contributed by atoms with Crippen molar-refractivity contribution in [1.29, 1.82) is 0 Å². The molecule has 1 aromatic rings. The van der Waals surface area contributed by atoms with Gasteiger partial charge in [-0.3, -0.25) is 4.79 Å². The van der Waals surface area contributed by atoms with Gasteiger partial charge in [0.15, 0.2) is 0 Å². The molecule has 1 heterocycles. The van der Waals surface area contributed by atoms with Gasteiger partial charge in [0.1, 0.15) is 0 Å². The van der Waals surface area contributed by atoms with Crippen LogP contribution in [0.5, 0.6) is 0 Å². The van der Waals surface area contributed by atoms with Crippen LogP contribution in [-0.4, -0.2) is 53.7 Å². The Balaban J connectivity index is 1.98. The van der Waals surface area contributed by atoms with Crippen LogP contribution in [-0.2, 0) is 22.5 Å². The van der Waals surface area contributed by atoms with E-state index in [0.29, 0.717) is 37.4 Å². The number of thioether (sulfide) groups is 1. The van der Waals surface area contributed by atoms with Crippen molar-refractivity contribution in [2.75, 3.05) is 31.8 Å². The molecule has 0 bridgehead atoms. The molecule has 1 amide bonds. The van der Waals surface area contributed by atoms with Crippen LogP contribution < -0.4 is 0 Å².